The van der Waals surface area contributed by atoms with Crippen molar-refractivity contribution >= 4 is 5.91 Å². The van der Waals surface area contributed by atoms with Crippen molar-refractivity contribution in [2.24, 2.45) is 0 Å². The highest BCUT2D eigenvalue weighted by Gasteiger charge is 2.13. The van der Waals surface area contributed by atoms with E-state index in [0.717, 1.165) is 22.6 Å². The SMILES string of the molecule is Cc1cc(CCNC(=O)c2cc(-c3ccccc3)ccc2F)no1. The largest absolute Gasteiger partial charge is 0.361 e. The molecule has 0 atom stereocenters. The number of rotatable bonds is 5. The fourth-order valence-electron chi connectivity index (χ4n) is 2.44. The molecule has 0 bridgehead atoms. The Bertz CT molecular complexity index is 844. The molecule has 0 fully saturated rings. The maximum absolute atomic E-state index is 14.0. The molecule has 1 aromatic heterocycles. The molecule has 122 valence electrons. The Labute approximate surface area is 139 Å². The number of nitrogens with zero attached hydrogens (tertiary/aromatic N) is 1. The van der Waals surface area contributed by atoms with Crippen LogP contribution in [0.3, 0.4) is 0 Å². The summed E-state index contributed by atoms with van der Waals surface area (Å²) in [6, 6.07) is 15.9. The van der Waals surface area contributed by atoms with Crippen LogP contribution in [0.1, 0.15) is 21.8 Å². The Kier molecular flexibility index (Phi) is 4.70. The minimum absolute atomic E-state index is 0.0349. The summed E-state index contributed by atoms with van der Waals surface area (Å²) >= 11 is 0. The molecule has 5 heteroatoms. The number of hydrogen-bond acceptors (Lipinski definition) is 3. The lowest BCUT2D eigenvalue weighted by Crippen LogP contribution is -2.26. The summed E-state index contributed by atoms with van der Waals surface area (Å²) < 4.78 is 19.0. The fourth-order valence-corrected chi connectivity index (χ4v) is 2.44. The van der Waals surface area contributed by atoms with Crippen molar-refractivity contribution in [2.45, 2.75) is 13.3 Å². The van der Waals surface area contributed by atoms with Crippen LogP contribution in [0.25, 0.3) is 11.1 Å². The van der Waals surface area contributed by atoms with Crippen LogP contribution in [0.5, 0.6) is 0 Å². The van der Waals surface area contributed by atoms with Gasteiger partial charge in [0.1, 0.15) is 11.6 Å². The van der Waals surface area contributed by atoms with Crippen LogP contribution in [0.15, 0.2) is 59.1 Å². The summed E-state index contributed by atoms with van der Waals surface area (Å²) in [5, 5.41) is 6.57. The molecule has 24 heavy (non-hydrogen) atoms. The average molecular weight is 324 g/mol. The van der Waals surface area contributed by atoms with Crippen LogP contribution in [0, 0.1) is 12.7 Å². The Morgan fingerprint density at radius 1 is 1.12 bits per heavy atom. The monoisotopic (exact) mass is 324 g/mol. The third-order valence-electron chi connectivity index (χ3n) is 3.66. The molecular formula is C19H17FN2O2. The zero-order chi connectivity index (χ0) is 16.9. The lowest BCUT2D eigenvalue weighted by molar-refractivity contribution is 0.0950. The predicted molar refractivity (Wildman–Crippen MR) is 89.1 cm³/mol. The van der Waals surface area contributed by atoms with Gasteiger partial charge in [-0.2, -0.15) is 0 Å². The van der Waals surface area contributed by atoms with Crippen LogP contribution in [-0.2, 0) is 6.42 Å². The molecule has 3 aromatic rings. The molecule has 1 N–H and O–H groups in total. The number of aromatic nitrogens is 1. The molecule has 1 heterocycles. The molecule has 0 unspecified atom stereocenters. The van der Waals surface area contributed by atoms with E-state index in [2.05, 4.69) is 10.5 Å². The number of hydrogen-bond donors (Lipinski definition) is 1. The molecule has 0 saturated carbocycles. The zero-order valence-electron chi connectivity index (χ0n) is 13.3. The van der Waals surface area contributed by atoms with Gasteiger partial charge in [-0.3, -0.25) is 4.79 Å². The van der Waals surface area contributed by atoms with E-state index in [1.165, 1.54) is 6.07 Å². The molecule has 3 rings (SSSR count). The van der Waals surface area contributed by atoms with Gasteiger partial charge in [0.05, 0.1) is 11.3 Å². The summed E-state index contributed by atoms with van der Waals surface area (Å²) in [7, 11) is 0. The molecule has 0 spiro atoms. The van der Waals surface area contributed by atoms with Crippen molar-refractivity contribution < 1.29 is 13.7 Å². The van der Waals surface area contributed by atoms with Crippen molar-refractivity contribution in [3.05, 3.63) is 77.4 Å². The quantitative estimate of drug-likeness (QED) is 0.777. The van der Waals surface area contributed by atoms with Crippen LogP contribution < -0.4 is 5.32 Å². The van der Waals surface area contributed by atoms with Gasteiger partial charge in [-0.05, 0) is 30.2 Å². The molecular weight excluding hydrogens is 307 g/mol. The molecule has 0 aliphatic rings. The first kappa shape index (κ1) is 15.9. The molecule has 0 aliphatic heterocycles. The van der Waals surface area contributed by atoms with E-state index in [1.54, 1.807) is 19.1 Å². The molecule has 0 radical (unpaired) electrons. The molecule has 4 nitrogen and oxygen atoms in total. The summed E-state index contributed by atoms with van der Waals surface area (Å²) in [4.78, 5) is 12.2. The molecule has 2 aromatic carbocycles. The van der Waals surface area contributed by atoms with Crippen LogP contribution in [0.2, 0.25) is 0 Å². The highest BCUT2D eigenvalue weighted by atomic mass is 19.1. The topological polar surface area (TPSA) is 55.1 Å². The van der Waals surface area contributed by atoms with Gasteiger partial charge < -0.3 is 9.84 Å². The summed E-state index contributed by atoms with van der Waals surface area (Å²) in [5.74, 6) is -0.257. The predicted octanol–water partition coefficient (Wildman–Crippen LogP) is 3.76. The second-order valence-electron chi connectivity index (χ2n) is 5.50. The van der Waals surface area contributed by atoms with Gasteiger partial charge >= 0.3 is 0 Å². The van der Waals surface area contributed by atoms with Crippen molar-refractivity contribution in [1.29, 1.82) is 0 Å². The van der Waals surface area contributed by atoms with Gasteiger partial charge in [-0.1, -0.05) is 41.6 Å². The third-order valence-corrected chi connectivity index (χ3v) is 3.66. The first-order chi connectivity index (χ1) is 11.6. The number of carbonyl (C=O) groups excluding carboxylic acids is 1. The highest BCUT2D eigenvalue weighted by molar-refractivity contribution is 5.95. The van der Waals surface area contributed by atoms with E-state index in [1.807, 2.05) is 36.4 Å². The standard InChI is InChI=1S/C19H17FN2O2/c1-13-11-16(22-24-13)9-10-21-19(23)17-12-15(7-8-18(17)20)14-5-3-2-4-6-14/h2-8,11-12H,9-10H2,1H3,(H,21,23). The van der Waals surface area contributed by atoms with E-state index in [-0.39, 0.29) is 5.56 Å². The first-order valence-electron chi connectivity index (χ1n) is 7.69. The van der Waals surface area contributed by atoms with Crippen molar-refractivity contribution in [3.8, 4) is 11.1 Å². The fraction of sp³-hybridized carbons (Fsp3) is 0.158. The Balaban J connectivity index is 1.70. The third kappa shape index (κ3) is 3.68. The van der Waals surface area contributed by atoms with Crippen molar-refractivity contribution in [3.63, 3.8) is 0 Å². The average Bonchev–Trinajstić information content (AvgIpc) is 3.01. The Hall–Kier alpha value is -2.95. The van der Waals surface area contributed by atoms with Gasteiger partial charge in [0, 0.05) is 19.0 Å². The van der Waals surface area contributed by atoms with E-state index in [9.17, 15) is 9.18 Å². The maximum Gasteiger partial charge on any atom is 0.254 e. The van der Waals surface area contributed by atoms with Gasteiger partial charge in [0.2, 0.25) is 0 Å². The lowest BCUT2D eigenvalue weighted by Gasteiger charge is -2.08. The second kappa shape index (κ2) is 7.08. The van der Waals surface area contributed by atoms with Crippen molar-refractivity contribution in [2.75, 3.05) is 6.54 Å². The number of carbonyl (C=O) groups is 1. The normalized spacial score (nSPS) is 10.6. The van der Waals surface area contributed by atoms with Crippen LogP contribution >= 0.6 is 0 Å². The summed E-state index contributed by atoms with van der Waals surface area (Å²) in [6.45, 7) is 2.17. The molecule has 0 saturated heterocycles. The number of aryl methyl sites for hydroxylation is 1. The molecule has 0 aliphatic carbocycles. The number of amides is 1. The smallest absolute Gasteiger partial charge is 0.254 e. The van der Waals surface area contributed by atoms with Crippen LogP contribution in [0.4, 0.5) is 4.39 Å². The first-order valence-corrected chi connectivity index (χ1v) is 7.69. The zero-order valence-corrected chi connectivity index (χ0v) is 13.3. The highest BCUT2D eigenvalue weighted by Crippen LogP contribution is 2.21. The van der Waals surface area contributed by atoms with Gasteiger partial charge in [0.15, 0.2) is 0 Å². The second-order valence-corrected chi connectivity index (χ2v) is 5.50. The number of benzene rings is 2. The van der Waals surface area contributed by atoms with E-state index < -0.39 is 11.7 Å². The minimum Gasteiger partial charge on any atom is -0.361 e. The van der Waals surface area contributed by atoms with Gasteiger partial charge in [-0.15, -0.1) is 0 Å². The Morgan fingerprint density at radius 3 is 2.62 bits per heavy atom. The lowest BCUT2D eigenvalue weighted by atomic mass is 10.0. The molecule has 1 amide bonds. The van der Waals surface area contributed by atoms with Gasteiger partial charge in [0.25, 0.3) is 5.91 Å². The maximum atomic E-state index is 14.0. The number of nitrogens with one attached hydrogen (secondary N) is 1. The van der Waals surface area contributed by atoms with E-state index in [4.69, 9.17) is 4.52 Å². The van der Waals surface area contributed by atoms with E-state index in [0.29, 0.717) is 13.0 Å². The van der Waals surface area contributed by atoms with E-state index >= 15 is 0 Å². The van der Waals surface area contributed by atoms with Gasteiger partial charge in [-0.25, -0.2) is 4.39 Å². The number of halogens is 1. The minimum atomic E-state index is -0.538. The van der Waals surface area contributed by atoms with Crippen molar-refractivity contribution in [1.82, 2.24) is 10.5 Å². The van der Waals surface area contributed by atoms with Crippen LogP contribution in [-0.4, -0.2) is 17.6 Å². The summed E-state index contributed by atoms with van der Waals surface area (Å²) in [6.07, 6.45) is 0.531. The Morgan fingerprint density at radius 2 is 1.92 bits per heavy atom. The summed E-state index contributed by atoms with van der Waals surface area (Å²) in [5.41, 5.74) is 2.53.